The number of nitrogens with zero attached hydrogens (tertiary/aromatic N) is 4. The van der Waals surface area contributed by atoms with Crippen molar-refractivity contribution in [3.63, 3.8) is 0 Å². The number of carbonyl (C=O) groups excluding carboxylic acids is 1. The molecular weight excluding hydrogens is 414 g/mol. The molecule has 0 saturated carbocycles. The van der Waals surface area contributed by atoms with E-state index >= 15 is 0 Å². The summed E-state index contributed by atoms with van der Waals surface area (Å²) in [7, 11) is 0. The van der Waals surface area contributed by atoms with Crippen molar-refractivity contribution in [1.82, 2.24) is 20.1 Å². The maximum Gasteiger partial charge on any atom is 0.314 e. The Kier molecular flexibility index (Phi) is 6.74. The third kappa shape index (κ3) is 4.61. The molecule has 2 heterocycles. The highest BCUT2D eigenvalue weighted by Gasteiger charge is 2.27. The summed E-state index contributed by atoms with van der Waals surface area (Å²) in [4.78, 5) is 18.6. The normalized spacial score (nSPS) is 14.2. The molecule has 4 rings (SSSR count). The molecule has 7 heteroatoms. The van der Waals surface area contributed by atoms with Gasteiger partial charge in [-0.3, -0.25) is 9.78 Å². The van der Waals surface area contributed by atoms with E-state index < -0.39 is 0 Å². The Labute approximate surface area is 194 Å². The fraction of sp³-hybridized carbons (Fsp3) is 0.385. The van der Waals surface area contributed by atoms with Crippen LogP contribution >= 0.6 is 0 Å². The summed E-state index contributed by atoms with van der Waals surface area (Å²) in [6, 6.07) is 14.5. The number of rotatable bonds is 6. The van der Waals surface area contributed by atoms with E-state index in [2.05, 4.69) is 34.2 Å². The molecule has 1 saturated heterocycles. The lowest BCUT2D eigenvalue weighted by atomic mass is 9.86. The van der Waals surface area contributed by atoms with Crippen LogP contribution in [0.4, 0.5) is 0 Å². The first kappa shape index (κ1) is 22.5. The topological polar surface area (TPSA) is 94.9 Å². The number of benzene rings is 2. The average Bonchev–Trinajstić information content (AvgIpc) is 3.32. The van der Waals surface area contributed by atoms with Gasteiger partial charge in [0, 0.05) is 24.2 Å². The van der Waals surface area contributed by atoms with Gasteiger partial charge in [-0.05, 0) is 67.9 Å². The van der Waals surface area contributed by atoms with Gasteiger partial charge >= 0.3 is 6.01 Å². The Morgan fingerprint density at radius 2 is 1.97 bits per heavy atom. The lowest BCUT2D eigenvalue weighted by molar-refractivity contribution is 0.0712. The summed E-state index contributed by atoms with van der Waals surface area (Å²) >= 11 is 0. The van der Waals surface area contributed by atoms with Gasteiger partial charge in [0.2, 0.25) is 0 Å². The summed E-state index contributed by atoms with van der Waals surface area (Å²) in [6.45, 7) is 7.82. The summed E-state index contributed by atoms with van der Waals surface area (Å²) in [6.07, 6.45) is 2.48. The molecule has 2 aromatic carbocycles. The molecule has 1 fully saturated rings. The number of nitrogens with one attached hydrogen (secondary N) is 1. The molecular formula is C26H29N5O2. The quantitative estimate of drug-likeness (QED) is 0.599. The van der Waals surface area contributed by atoms with Crippen LogP contribution in [0.3, 0.4) is 0 Å². The Morgan fingerprint density at radius 1 is 1.21 bits per heavy atom. The molecule has 0 spiro atoms. The molecule has 0 radical (unpaired) electrons. The van der Waals surface area contributed by atoms with E-state index in [-0.39, 0.29) is 5.91 Å². The number of ether oxygens (including phenoxy) is 1. The minimum atomic E-state index is 0.0460. The summed E-state index contributed by atoms with van der Waals surface area (Å²) in [5.74, 6) is 0.944. The van der Waals surface area contributed by atoms with Crippen molar-refractivity contribution in [2.75, 3.05) is 19.7 Å². The van der Waals surface area contributed by atoms with Crippen molar-refractivity contribution >= 4 is 5.91 Å². The Bertz CT molecular complexity index is 1190. The molecule has 33 heavy (non-hydrogen) atoms. The van der Waals surface area contributed by atoms with Gasteiger partial charge in [-0.25, -0.2) is 0 Å². The van der Waals surface area contributed by atoms with Gasteiger partial charge in [0.15, 0.2) is 5.82 Å². The van der Waals surface area contributed by atoms with Gasteiger partial charge in [-0.2, -0.15) is 5.26 Å². The van der Waals surface area contributed by atoms with E-state index in [9.17, 15) is 10.1 Å². The molecule has 1 N–H and O–H groups in total. The van der Waals surface area contributed by atoms with Crippen molar-refractivity contribution < 1.29 is 9.53 Å². The second-order valence-electron chi connectivity index (χ2n) is 8.36. The molecule has 3 aromatic rings. The van der Waals surface area contributed by atoms with Crippen LogP contribution in [-0.2, 0) is 6.42 Å². The number of piperidine rings is 1. The number of H-pyrrole nitrogens is 1. The van der Waals surface area contributed by atoms with Crippen molar-refractivity contribution in [2.24, 2.45) is 0 Å². The van der Waals surface area contributed by atoms with Crippen LogP contribution in [0.5, 0.6) is 6.01 Å². The van der Waals surface area contributed by atoms with E-state index in [1.807, 2.05) is 49.1 Å². The molecule has 1 amide bonds. The zero-order valence-electron chi connectivity index (χ0n) is 19.4. The molecule has 0 atom stereocenters. The summed E-state index contributed by atoms with van der Waals surface area (Å²) in [5, 5.41) is 17.7. The number of aryl methyl sites for hydroxylation is 2. The van der Waals surface area contributed by atoms with Crippen LogP contribution in [0, 0.1) is 18.3 Å². The number of aromatic amines is 1. The zero-order valence-corrected chi connectivity index (χ0v) is 19.4. The van der Waals surface area contributed by atoms with Crippen LogP contribution in [0.15, 0.2) is 36.4 Å². The van der Waals surface area contributed by atoms with Crippen LogP contribution in [0.1, 0.15) is 65.2 Å². The fourth-order valence-electron chi connectivity index (χ4n) is 4.60. The van der Waals surface area contributed by atoms with Gasteiger partial charge in [-0.15, -0.1) is 5.10 Å². The highest BCUT2D eigenvalue weighted by Crippen LogP contribution is 2.32. The van der Waals surface area contributed by atoms with E-state index in [1.54, 1.807) is 0 Å². The Balaban J connectivity index is 1.56. The minimum absolute atomic E-state index is 0.0460. The first-order valence-electron chi connectivity index (χ1n) is 11.5. The predicted octanol–water partition coefficient (Wildman–Crippen LogP) is 4.63. The van der Waals surface area contributed by atoms with Gasteiger partial charge in [0.1, 0.15) is 0 Å². The molecule has 1 aliphatic rings. The molecule has 1 aliphatic heterocycles. The van der Waals surface area contributed by atoms with Crippen molar-refractivity contribution in [2.45, 2.75) is 46.0 Å². The first-order valence-corrected chi connectivity index (χ1v) is 11.5. The number of hydrogen-bond donors (Lipinski definition) is 1. The van der Waals surface area contributed by atoms with E-state index in [0.717, 1.165) is 47.1 Å². The number of likely N-dealkylation sites (tertiary alicyclic amines) is 1. The molecule has 1 aromatic heterocycles. The highest BCUT2D eigenvalue weighted by molar-refractivity contribution is 5.97. The van der Waals surface area contributed by atoms with Crippen LogP contribution in [0.2, 0.25) is 0 Å². The number of carbonyl (C=O) groups is 1. The van der Waals surface area contributed by atoms with Crippen molar-refractivity contribution in [3.05, 3.63) is 64.2 Å². The standard InChI is InChI=1S/C26H29N5O2/c1-4-18-14-17(3)22(24-28-26(30-29-24)33-5-2)15-23(18)25(32)31-12-10-19(11-13-31)21-9-7-6-8-20(21)16-27/h6-9,14-15,19H,4-5,10-13H2,1-3H3,(H,28,29,30). The summed E-state index contributed by atoms with van der Waals surface area (Å²) < 4.78 is 5.40. The monoisotopic (exact) mass is 443 g/mol. The first-order chi connectivity index (χ1) is 16.0. The number of amides is 1. The van der Waals surface area contributed by atoms with E-state index in [0.29, 0.717) is 43.0 Å². The number of nitriles is 1. The van der Waals surface area contributed by atoms with E-state index in [4.69, 9.17) is 4.74 Å². The van der Waals surface area contributed by atoms with Gasteiger partial charge < -0.3 is 9.64 Å². The largest absolute Gasteiger partial charge is 0.464 e. The predicted molar refractivity (Wildman–Crippen MR) is 126 cm³/mol. The maximum atomic E-state index is 13.6. The van der Waals surface area contributed by atoms with Gasteiger partial charge in [0.05, 0.1) is 18.2 Å². The van der Waals surface area contributed by atoms with Gasteiger partial charge in [-0.1, -0.05) is 36.3 Å². The SMILES string of the molecule is CCOc1nnc(-c2cc(C(=O)N3CCC(c4ccccc4C#N)CC3)c(CC)cc2C)[nH]1. The summed E-state index contributed by atoms with van der Waals surface area (Å²) in [5.41, 5.74) is 5.46. The van der Waals surface area contributed by atoms with Crippen molar-refractivity contribution in [3.8, 4) is 23.5 Å². The number of hydrogen-bond acceptors (Lipinski definition) is 5. The van der Waals surface area contributed by atoms with E-state index in [1.165, 1.54) is 0 Å². The lowest BCUT2D eigenvalue weighted by Crippen LogP contribution is -2.38. The average molecular weight is 444 g/mol. The molecule has 0 unspecified atom stereocenters. The smallest absolute Gasteiger partial charge is 0.314 e. The second-order valence-corrected chi connectivity index (χ2v) is 8.36. The lowest BCUT2D eigenvalue weighted by Gasteiger charge is -2.33. The highest BCUT2D eigenvalue weighted by atomic mass is 16.5. The minimum Gasteiger partial charge on any atom is -0.464 e. The molecule has 0 bridgehead atoms. The zero-order chi connectivity index (χ0) is 23.4. The van der Waals surface area contributed by atoms with Crippen LogP contribution in [0.25, 0.3) is 11.4 Å². The molecule has 7 nitrogen and oxygen atoms in total. The third-order valence-corrected chi connectivity index (χ3v) is 6.37. The molecule has 170 valence electrons. The van der Waals surface area contributed by atoms with Crippen molar-refractivity contribution in [1.29, 1.82) is 5.26 Å². The van der Waals surface area contributed by atoms with Crippen LogP contribution in [-0.4, -0.2) is 45.7 Å². The maximum absolute atomic E-state index is 13.6. The number of aromatic nitrogens is 3. The second kappa shape index (κ2) is 9.86. The Hall–Kier alpha value is -3.66. The fourth-order valence-corrected chi connectivity index (χ4v) is 4.60. The van der Waals surface area contributed by atoms with Gasteiger partial charge in [0.25, 0.3) is 5.91 Å². The molecule has 0 aliphatic carbocycles. The Morgan fingerprint density at radius 3 is 2.67 bits per heavy atom. The van der Waals surface area contributed by atoms with Crippen LogP contribution < -0.4 is 4.74 Å². The third-order valence-electron chi connectivity index (χ3n) is 6.37.